The lowest BCUT2D eigenvalue weighted by atomic mass is 9.93. The average molecular weight is 1630 g/mol. The van der Waals surface area contributed by atoms with E-state index in [2.05, 4.69) is 21.3 Å². The van der Waals surface area contributed by atoms with Gasteiger partial charge in [-0.05, 0) is 6.92 Å². The van der Waals surface area contributed by atoms with E-state index in [0.29, 0.717) is 0 Å². The predicted molar refractivity (Wildman–Crippen MR) is 342 cm³/mol. The van der Waals surface area contributed by atoms with Crippen molar-refractivity contribution >= 4 is 23.6 Å². The number of carbonyl (C=O) groups is 4. The minimum absolute atomic E-state index is 0.827. The van der Waals surface area contributed by atoms with Gasteiger partial charge in [0.2, 0.25) is 23.6 Å². The minimum atomic E-state index is -2.55. The maximum absolute atomic E-state index is 13.2. The van der Waals surface area contributed by atoms with Gasteiger partial charge in [-0.3, -0.25) is 19.2 Å². The Hall–Kier alpha value is -3.76. The number of rotatable bonds is 28. The molecule has 0 aromatic carbocycles. The number of hydrogen-bond donors (Lipinski definition) is 28. The fourth-order valence-electron chi connectivity index (χ4n) is 14.3. The quantitative estimate of drug-likeness (QED) is 0.0346. The molecule has 0 saturated carbocycles. The van der Waals surface area contributed by atoms with Crippen LogP contribution >= 0.6 is 0 Å². The second kappa shape index (κ2) is 39.7. The molecule has 28 N–H and O–H groups in total. The van der Waals surface area contributed by atoms with Crippen LogP contribution in [0.15, 0.2) is 0 Å². The number of hydrogen-bond acceptors (Lipinski definition) is 45. The second-order valence-corrected chi connectivity index (χ2v) is 28.2. The average Bonchev–Trinajstić information content (AvgIpc) is 0.768. The Morgan fingerprint density at radius 3 is 1.03 bits per heavy atom. The van der Waals surface area contributed by atoms with Crippen molar-refractivity contribution in [3.8, 4) is 0 Å². The number of aliphatic hydroxyl groups excluding tert-OH is 24. The predicted octanol–water partition coefficient (Wildman–Crippen LogP) is -19.0. The molecule has 9 saturated heterocycles. The smallest absolute Gasteiger partial charge is 0.217 e. The Labute approximate surface area is 629 Å². The third-order valence-corrected chi connectivity index (χ3v) is 20.3. The number of aliphatic hydroxyl groups is 24. The zero-order chi connectivity index (χ0) is 81.8. The molecule has 0 aromatic heterocycles. The lowest BCUT2D eigenvalue weighted by Gasteiger charge is -2.51. The molecule has 9 heterocycles. The van der Waals surface area contributed by atoms with Crippen LogP contribution in [0.25, 0.3) is 0 Å². The molecule has 0 radical (unpaired) electrons. The molecular weight excluding hydrogens is 1520 g/mol. The first-order valence-corrected chi connectivity index (χ1v) is 35.5. The van der Waals surface area contributed by atoms with Gasteiger partial charge in [-0.15, -0.1) is 0 Å². The third kappa shape index (κ3) is 20.3. The summed E-state index contributed by atoms with van der Waals surface area (Å²) in [6, 6.07) is -7.39. The molecule has 0 aromatic rings. The van der Waals surface area contributed by atoms with E-state index in [9.17, 15) is 142 Å². The molecule has 9 aliphatic rings. The van der Waals surface area contributed by atoms with Crippen LogP contribution in [0.4, 0.5) is 0 Å². The van der Waals surface area contributed by atoms with Crippen molar-refractivity contribution in [3.05, 3.63) is 0 Å². The molecule has 49 heteroatoms. The lowest BCUT2D eigenvalue weighted by molar-refractivity contribution is -0.396. The van der Waals surface area contributed by atoms with E-state index in [4.69, 9.17) is 80.5 Å². The Morgan fingerprint density at radius 2 is 0.559 bits per heavy atom. The van der Waals surface area contributed by atoms with E-state index >= 15 is 0 Å². The number of carbonyl (C=O) groups excluding carboxylic acids is 4. The largest absolute Gasteiger partial charge is 0.394 e. The molecular formula is C62H104N4O45. The van der Waals surface area contributed by atoms with Gasteiger partial charge in [0.05, 0.1) is 59.0 Å². The Bertz CT molecular complexity index is 2950. The van der Waals surface area contributed by atoms with Gasteiger partial charge in [0.15, 0.2) is 56.6 Å². The summed E-state index contributed by atoms with van der Waals surface area (Å²) in [5.41, 5.74) is 0. The topological polar surface area (TPSA) is 759 Å². The highest BCUT2D eigenvalue weighted by atomic mass is 16.8. The number of nitrogens with one attached hydrogen (secondary N) is 4. The third-order valence-electron chi connectivity index (χ3n) is 20.3. The van der Waals surface area contributed by atoms with Crippen LogP contribution in [0, 0.1) is 0 Å². The molecule has 0 aliphatic carbocycles. The van der Waals surface area contributed by atoms with Gasteiger partial charge in [0.25, 0.3) is 0 Å². The highest BCUT2D eigenvalue weighted by Gasteiger charge is 2.61. The van der Waals surface area contributed by atoms with Crippen LogP contribution < -0.4 is 21.3 Å². The van der Waals surface area contributed by atoms with Crippen LogP contribution in [0.5, 0.6) is 0 Å². The van der Waals surface area contributed by atoms with Crippen LogP contribution in [0.3, 0.4) is 0 Å². The molecule has 9 rings (SSSR count). The maximum atomic E-state index is 13.2. The van der Waals surface area contributed by atoms with Gasteiger partial charge in [0, 0.05) is 27.7 Å². The Morgan fingerprint density at radius 1 is 0.252 bits per heavy atom. The van der Waals surface area contributed by atoms with E-state index < -0.39 is 353 Å². The summed E-state index contributed by atoms with van der Waals surface area (Å²) < 4.78 is 101. The number of ether oxygens (including phenoxy) is 17. The van der Waals surface area contributed by atoms with Gasteiger partial charge in [-0.2, -0.15) is 0 Å². The zero-order valence-electron chi connectivity index (χ0n) is 59.9. The minimum Gasteiger partial charge on any atom is -0.394 e. The van der Waals surface area contributed by atoms with E-state index in [1.54, 1.807) is 0 Å². The molecule has 642 valence electrons. The summed E-state index contributed by atoms with van der Waals surface area (Å²) in [5.74, 6) is -3.59. The number of amides is 4. The summed E-state index contributed by atoms with van der Waals surface area (Å²) in [4.78, 5) is 50.9. The summed E-state index contributed by atoms with van der Waals surface area (Å²) in [5, 5.41) is 276. The molecule has 9 aliphatic heterocycles. The normalized spacial score (nSPS) is 49.3. The first-order chi connectivity index (χ1) is 52.4. The van der Waals surface area contributed by atoms with E-state index in [0.717, 1.165) is 27.7 Å². The second-order valence-electron chi connectivity index (χ2n) is 28.2. The van der Waals surface area contributed by atoms with Crippen LogP contribution in [-0.2, 0) is 99.7 Å². The standard InChI is InChI=1S/C62H104N4O45/c1-14-31(77)41(87)45(91)58(97-14)95-13-26-50(38(84)27(54(94)98-26)63-15(2)73)106-56-29(65-17(4)75)39(85)49(24(11-72)103-56)108-60-47(93)51(109-62-53(44(90)35(81)22(9-70)102-62)111-55-28(64-16(3)74)37(83)32(78)19(6-67)99-55)36(82)25(105-60)12-96-61-52(43(89)34(80)21(8-69)101-61)110-57-30(66-18(5)76)40(86)48(23(10-71)104-57)107-59-46(92)42(88)33(79)20(7-68)100-59/h14,19-62,67-72,77-94H,6-13H2,1-5H3,(H,63,73)(H,64,74)(H,65,75)(H,66,76)/t14-,19+,20+,21+,22+,23+,24+,25+,26+,27+,28-,29+,30+,31+,32+,33-,34+,35+,36+,37+,38+,39+,40+,41+,42-,43-,44-,45-,46+,47-,48+,49+,50+,51-,52-,53-,54?,55-,56-,57-,58+,59-,60-,61-,62+/m0/s1. The summed E-state index contributed by atoms with van der Waals surface area (Å²) >= 11 is 0. The van der Waals surface area contributed by atoms with Crippen LogP contribution in [-0.4, -0.2) is 475 Å². The van der Waals surface area contributed by atoms with Gasteiger partial charge >= 0.3 is 0 Å². The Kier molecular flexibility index (Phi) is 32.6. The molecule has 0 bridgehead atoms. The fourth-order valence-corrected chi connectivity index (χ4v) is 14.3. The first kappa shape index (κ1) is 91.1. The highest BCUT2D eigenvalue weighted by Crippen LogP contribution is 2.40. The van der Waals surface area contributed by atoms with Crippen molar-refractivity contribution in [1.29, 1.82) is 0 Å². The van der Waals surface area contributed by atoms with Gasteiger partial charge < -0.3 is 224 Å². The van der Waals surface area contributed by atoms with Crippen molar-refractivity contribution in [2.75, 3.05) is 52.9 Å². The monoisotopic (exact) mass is 1620 g/mol. The molecule has 49 nitrogen and oxygen atoms in total. The fraction of sp³-hybridized carbons (Fsp3) is 0.935. The highest BCUT2D eigenvalue weighted by molar-refractivity contribution is 5.74. The van der Waals surface area contributed by atoms with Crippen molar-refractivity contribution in [1.82, 2.24) is 21.3 Å². The summed E-state index contributed by atoms with van der Waals surface area (Å²) in [7, 11) is 0. The summed E-state index contributed by atoms with van der Waals surface area (Å²) in [6.45, 7) is -3.36. The maximum Gasteiger partial charge on any atom is 0.217 e. The first-order valence-electron chi connectivity index (χ1n) is 35.5. The van der Waals surface area contributed by atoms with Crippen molar-refractivity contribution in [2.45, 2.75) is 311 Å². The summed E-state index contributed by atoms with van der Waals surface area (Å²) in [6.07, 6.45) is -83.2. The lowest BCUT2D eigenvalue weighted by Crippen LogP contribution is -2.71. The van der Waals surface area contributed by atoms with Gasteiger partial charge in [-0.25, -0.2) is 0 Å². The molecule has 9 fully saturated rings. The molecule has 0 spiro atoms. The molecule has 45 atom stereocenters. The molecule has 4 amide bonds. The van der Waals surface area contributed by atoms with Crippen molar-refractivity contribution in [3.63, 3.8) is 0 Å². The van der Waals surface area contributed by atoms with Crippen molar-refractivity contribution < 1.29 is 222 Å². The van der Waals surface area contributed by atoms with Crippen LogP contribution in [0.1, 0.15) is 34.6 Å². The SMILES string of the molecule is CC(=O)N[C@@H]1[C@H](O[C@@H]2[C@@H](O[C@@H]3[C@H](O)[C@H](O[C@H]4[C@H](O)[C@@H](NC(C)=O)[C@H](O[C@H]5[C@H](O)[C@@H](NC(C)=O)C(O)O[C@@H]5CO[C@@H]5O[C@@H](C)[C@@H](O)[C@@H](O)[C@@H]5O)O[C@@H]4CO)O[C@H](CO[C@H]4O[C@H](CO)[C@@H](O)[C@H](O)[C@@H]4O[C@@H]4O[C@H](CO)[C@@H](O[C@@H]5O[C@H](CO)[C@H](O)[C@H](O)[C@H]5O)[C@H](O)[C@H]4NC(C)=O)[C@H]3O)O[C@H](CO)[C@@H](O)[C@@H]2O)O[C@H](CO)[C@@H](O)[C@@H]1O. The van der Waals surface area contributed by atoms with E-state index in [1.807, 2.05) is 0 Å². The van der Waals surface area contributed by atoms with Gasteiger partial charge in [0.1, 0.15) is 213 Å². The van der Waals surface area contributed by atoms with E-state index in [1.165, 1.54) is 6.92 Å². The molecule has 1 unspecified atom stereocenters. The zero-order valence-corrected chi connectivity index (χ0v) is 59.9. The van der Waals surface area contributed by atoms with Gasteiger partial charge in [-0.1, -0.05) is 0 Å². The van der Waals surface area contributed by atoms with Crippen molar-refractivity contribution in [2.24, 2.45) is 0 Å². The van der Waals surface area contributed by atoms with E-state index in [-0.39, 0.29) is 0 Å². The molecule has 111 heavy (non-hydrogen) atoms. The Balaban J connectivity index is 1.05. The van der Waals surface area contributed by atoms with Crippen LogP contribution in [0.2, 0.25) is 0 Å².